The molecule has 2 aromatic carbocycles. The SMILES string of the molecule is CCc1cc(CC)c(N=Cc2cc(C)cc(C=Nc3c(CC)cc(CC)cc3CC)n2)c(CC)c1.[Cl-].[Cl-].[Fe+2]. The van der Waals surface area contributed by atoms with E-state index in [1.807, 2.05) is 12.4 Å². The third kappa shape index (κ3) is 9.06. The van der Waals surface area contributed by atoms with Crippen LogP contribution in [0, 0.1) is 6.92 Å². The van der Waals surface area contributed by atoms with Crippen molar-refractivity contribution in [3.63, 3.8) is 0 Å². The van der Waals surface area contributed by atoms with Crippen LogP contribution in [0.15, 0.2) is 46.4 Å². The number of pyridine rings is 1. The van der Waals surface area contributed by atoms with Crippen molar-refractivity contribution in [1.29, 1.82) is 0 Å². The average molecular weight is 594 g/mol. The summed E-state index contributed by atoms with van der Waals surface area (Å²) in [6.45, 7) is 15.3. The second-order valence-electron chi connectivity index (χ2n) is 9.16. The van der Waals surface area contributed by atoms with Crippen LogP contribution in [0.5, 0.6) is 0 Å². The molecule has 3 nitrogen and oxygen atoms in total. The molecule has 0 saturated carbocycles. The average Bonchev–Trinajstić information content (AvgIpc) is 2.89. The Bertz CT molecular complexity index is 1090. The zero-order valence-electron chi connectivity index (χ0n) is 23.8. The zero-order chi connectivity index (χ0) is 25.4. The maximum absolute atomic E-state index is 4.94. The summed E-state index contributed by atoms with van der Waals surface area (Å²) in [4.78, 5) is 14.7. The molecule has 3 aromatic rings. The monoisotopic (exact) mass is 593 g/mol. The van der Waals surface area contributed by atoms with Gasteiger partial charge in [-0.3, -0.25) is 9.98 Å². The molecule has 0 aliphatic heterocycles. The van der Waals surface area contributed by atoms with Crippen LogP contribution in [0.1, 0.15) is 91.9 Å². The van der Waals surface area contributed by atoms with Crippen LogP contribution < -0.4 is 24.8 Å². The number of halogens is 2. The second kappa shape index (κ2) is 17.6. The molecule has 0 radical (unpaired) electrons. The van der Waals surface area contributed by atoms with E-state index in [1.165, 1.54) is 33.4 Å². The van der Waals surface area contributed by atoms with E-state index in [2.05, 4.69) is 84.9 Å². The predicted octanol–water partition coefficient (Wildman–Crippen LogP) is 2.27. The molecule has 3 rings (SSSR count). The maximum atomic E-state index is 4.94. The topological polar surface area (TPSA) is 37.6 Å². The normalized spacial score (nSPS) is 10.8. The Morgan fingerprint density at radius 3 is 1.13 bits per heavy atom. The first-order chi connectivity index (χ1) is 17.0. The van der Waals surface area contributed by atoms with E-state index in [1.54, 1.807) is 0 Å². The predicted molar refractivity (Wildman–Crippen MR) is 153 cm³/mol. The standard InChI is InChI=1S/C32H41N3.2ClH.Fe/c1-8-23-16-25(10-3)31(26(11-4)17-23)33-20-29-14-22(7)15-30(35-29)21-34-32-27(12-5)18-24(9-2)19-28(32)13-6;;;/h14-21H,8-13H2,1-7H3;2*1H;/q;;;+2/p-2. The molecule has 0 aliphatic rings. The minimum Gasteiger partial charge on any atom is -1.00 e. The zero-order valence-corrected chi connectivity index (χ0v) is 26.4. The van der Waals surface area contributed by atoms with Gasteiger partial charge < -0.3 is 24.8 Å². The molecule has 0 fully saturated rings. The van der Waals surface area contributed by atoms with Gasteiger partial charge in [-0.1, -0.05) is 65.8 Å². The fraction of sp³-hybridized carbons (Fsp3) is 0.406. The summed E-state index contributed by atoms with van der Waals surface area (Å²) in [5, 5.41) is 0. The van der Waals surface area contributed by atoms with Crippen molar-refractivity contribution < 1.29 is 41.9 Å². The van der Waals surface area contributed by atoms with Crippen LogP contribution in [0.4, 0.5) is 11.4 Å². The van der Waals surface area contributed by atoms with E-state index >= 15 is 0 Å². The molecule has 0 saturated heterocycles. The van der Waals surface area contributed by atoms with E-state index in [4.69, 9.17) is 15.0 Å². The first-order valence-electron chi connectivity index (χ1n) is 13.3. The van der Waals surface area contributed by atoms with Gasteiger partial charge in [0.05, 0.1) is 35.2 Å². The summed E-state index contributed by atoms with van der Waals surface area (Å²) in [7, 11) is 0. The number of aliphatic imine (C=N–C) groups is 2. The van der Waals surface area contributed by atoms with E-state index < -0.39 is 0 Å². The van der Waals surface area contributed by atoms with E-state index in [9.17, 15) is 0 Å². The van der Waals surface area contributed by atoms with E-state index in [0.717, 1.165) is 66.9 Å². The van der Waals surface area contributed by atoms with Crippen LogP contribution in [0.3, 0.4) is 0 Å². The van der Waals surface area contributed by atoms with Gasteiger partial charge >= 0.3 is 17.1 Å². The van der Waals surface area contributed by atoms with Gasteiger partial charge in [0, 0.05) is 0 Å². The Morgan fingerprint density at radius 2 is 0.868 bits per heavy atom. The quantitative estimate of drug-likeness (QED) is 0.262. The van der Waals surface area contributed by atoms with E-state index in [-0.39, 0.29) is 41.9 Å². The number of hydrogen-bond donors (Lipinski definition) is 0. The Labute approximate surface area is 253 Å². The summed E-state index contributed by atoms with van der Waals surface area (Å²) < 4.78 is 0. The molecular weight excluding hydrogens is 553 g/mol. The molecule has 0 amide bonds. The van der Waals surface area contributed by atoms with Gasteiger partial charge in [0.1, 0.15) is 0 Å². The Hall–Kier alpha value is -1.97. The van der Waals surface area contributed by atoms with Gasteiger partial charge in [0.2, 0.25) is 0 Å². The number of nitrogens with zero attached hydrogens (tertiary/aromatic N) is 3. The van der Waals surface area contributed by atoms with Gasteiger partial charge in [-0.2, -0.15) is 0 Å². The van der Waals surface area contributed by atoms with Crippen LogP contribution in [-0.2, 0) is 55.6 Å². The van der Waals surface area contributed by atoms with E-state index in [0.29, 0.717) is 0 Å². The first-order valence-corrected chi connectivity index (χ1v) is 13.3. The van der Waals surface area contributed by atoms with Gasteiger partial charge in [-0.25, -0.2) is 4.98 Å². The van der Waals surface area contributed by atoms with Crippen LogP contribution >= 0.6 is 0 Å². The first kappa shape index (κ1) is 36.0. The molecule has 0 atom stereocenters. The summed E-state index contributed by atoms with van der Waals surface area (Å²) >= 11 is 0. The van der Waals surface area contributed by atoms with Crippen molar-refractivity contribution in [3.8, 4) is 0 Å². The molecule has 38 heavy (non-hydrogen) atoms. The van der Waals surface area contributed by atoms with Crippen LogP contribution in [0.2, 0.25) is 0 Å². The van der Waals surface area contributed by atoms with Crippen LogP contribution in [0.25, 0.3) is 0 Å². The van der Waals surface area contributed by atoms with Crippen molar-refractivity contribution >= 4 is 23.8 Å². The molecular formula is C32H41Cl2FeN3. The molecule has 0 unspecified atom stereocenters. The summed E-state index contributed by atoms with van der Waals surface area (Å²) in [5.41, 5.74) is 13.1. The molecule has 0 spiro atoms. The number of rotatable bonds is 10. The van der Waals surface area contributed by atoms with Crippen molar-refractivity contribution in [2.45, 2.75) is 87.0 Å². The summed E-state index contributed by atoms with van der Waals surface area (Å²) in [5.74, 6) is 0. The Balaban J connectivity index is 0.00000456. The van der Waals surface area contributed by atoms with Crippen molar-refractivity contribution in [2.24, 2.45) is 9.98 Å². The molecule has 0 aliphatic carbocycles. The van der Waals surface area contributed by atoms with Crippen LogP contribution in [-0.4, -0.2) is 17.4 Å². The summed E-state index contributed by atoms with van der Waals surface area (Å²) in [6, 6.07) is 13.4. The number of hydrogen-bond acceptors (Lipinski definition) is 3. The fourth-order valence-electron chi connectivity index (χ4n) is 4.60. The van der Waals surface area contributed by atoms with Gasteiger partial charge in [0.25, 0.3) is 0 Å². The van der Waals surface area contributed by atoms with Gasteiger partial charge in [0.15, 0.2) is 0 Å². The molecule has 1 aromatic heterocycles. The number of aromatic nitrogens is 1. The number of benzene rings is 2. The third-order valence-electron chi connectivity index (χ3n) is 6.66. The minimum absolute atomic E-state index is 0. The molecule has 6 heteroatoms. The van der Waals surface area contributed by atoms with Gasteiger partial charge in [-0.05, 0) is 96.5 Å². The largest absolute Gasteiger partial charge is 2.00 e. The Morgan fingerprint density at radius 1 is 0.553 bits per heavy atom. The third-order valence-corrected chi connectivity index (χ3v) is 6.66. The number of aryl methyl sites for hydroxylation is 7. The van der Waals surface area contributed by atoms with Gasteiger partial charge in [-0.15, -0.1) is 0 Å². The summed E-state index contributed by atoms with van der Waals surface area (Å²) in [6.07, 6.45) is 9.82. The minimum atomic E-state index is 0. The smallest absolute Gasteiger partial charge is 1.00 e. The molecule has 206 valence electrons. The van der Waals surface area contributed by atoms with Crippen molar-refractivity contribution in [3.05, 3.63) is 86.7 Å². The second-order valence-corrected chi connectivity index (χ2v) is 9.16. The van der Waals surface area contributed by atoms with Crippen molar-refractivity contribution in [1.82, 2.24) is 4.98 Å². The molecule has 0 bridgehead atoms. The fourth-order valence-corrected chi connectivity index (χ4v) is 4.60. The van der Waals surface area contributed by atoms with Crippen molar-refractivity contribution in [2.75, 3.05) is 0 Å². The molecule has 1 heterocycles. The maximum Gasteiger partial charge on any atom is 2.00 e. The molecule has 0 N–H and O–H groups in total. The Kier molecular flexibility index (Phi) is 16.7.